The zero-order chi connectivity index (χ0) is 25.6. The molecule has 3 heterocycles. The molecule has 0 aliphatic carbocycles. The molecule has 2 aromatic heterocycles. The summed E-state index contributed by atoms with van der Waals surface area (Å²) in [4.78, 5) is 13.8. The lowest BCUT2D eigenvalue weighted by atomic mass is 10.0. The van der Waals surface area contributed by atoms with Crippen LogP contribution in [0, 0.1) is 6.92 Å². The standard InChI is InChI=1S/C29H34N6O2/c1-3-21(36)18-33-25-10-4-8-23-22(25)12-11-19(2)27(23)37-28-24(9-6-15-31-28)26-13-16-32-29(35-26)34-20-7-5-14-30-17-20/h4,6,8-13,15-16,20-21,30,33,36H,3,5,7,14,17-18H2,1-2H3,(H,32,34,35). The molecule has 0 saturated carbocycles. The van der Waals surface area contributed by atoms with Crippen LogP contribution in [0.4, 0.5) is 11.6 Å². The second-order valence-electron chi connectivity index (χ2n) is 9.47. The zero-order valence-electron chi connectivity index (χ0n) is 21.4. The number of anilines is 2. The second kappa shape index (κ2) is 11.5. The molecule has 1 aliphatic rings. The van der Waals surface area contributed by atoms with E-state index in [2.05, 4.69) is 32.0 Å². The summed E-state index contributed by atoms with van der Waals surface area (Å²) in [5, 5.41) is 22.3. The molecule has 192 valence electrons. The number of benzene rings is 2. The van der Waals surface area contributed by atoms with Crippen LogP contribution in [-0.2, 0) is 0 Å². The number of piperidine rings is 1. The Balaban J connectivity index is 1.45. The Morgan fingerprint density at radius 2 is 2.00 bits per heavy atom. The monoisotopic (exact) mass is 498 g/mol. The van der Waals surface area contributed by atoms with Gasteiger partial charge in [0.25, 0.3) is 0 Å². The first-order valence-corrected chi connectivity index (χ1v) is 13.0. The maximum atomic E-state index is 10.0. The predicted molar refractivity (Wildman–Crippen MR) is 148 cm³/mol. The number of hydrogen-bond acceptors (Lipinski definition) is 8. The fourth-order valence-corrected chi connectivity index (χ4v) is 4.60. The summed E-state index contributed by atoms with van der Waals surface area (Å²) in [5.41, 5.74) is 3.51. The molecule has 0 amide bonds. The van der Waals surface area contributed by atoms with E-state index in [0.717, 1.165) is 65.0 Å². The minimum atomic E-state index is -0.394. The summed E-state index contributed by atoms with van der Waals surface area (Å²) < 4.78 is 6.52. The number of aliphatic hydroxyl groups excluding tert-OH is 1. The number of ether oxygens (including phenoxy) is 1. The topological polar surface area (TPSA) is 104 Å². The molecule has 0 spiro atoms. The van der Waals surface area contributed by atoms with Crippen LogP contribution in [0.3, 0.4) is 0 Å². The van der Waals surface area contributed by atoms with Crippen LogP contribution in [0.2, 0.25) is 0 Å². The normalized spacial score (nSPS) is 16.4. The number of aromatic nitrogens is 3. The van der Waals surface area contributed by atoms with Crippen molar-refractivity contribution in [2.45, 2.75) is 45.3 Å². The van der Waals surface area contributed by atoms with Gasteiger partial charge >= 0.3 is 0 Å². The van der Waals surface area contributed by atoms with Crippen molar-refractivity contribution in [3.05, 3.63) is 66.5 Å². The van der Waals surface area contributed by atoms with Gasteiger partial charge in [0.15, 0.2) is 0 Å². The van der Waals surface area contributed by atoms with Crippen molar-refractivity contribution in [1.82, 2.24) is 20.3 Å². The van der Waals surface area contributed by atoms with Gasteiger partial charge < -0.3 is 25.8 Å². The fourth-order valence-electron chi connectivity index (χ4n) is 4.60. The van der Waals surface area contributed by atoms with Crippen LogP contribution in [0.1, 0.15) is 31.7 Å². The molecular formula is C29H34N6O2. The number of fused-ring (bicyclic) bond motifs is 1. The third-order valence-corrected chi connectivity index (χ3v) is 6.74. The molecule has 1 aliphatic heterocycles. The van der Waals surface area contributed by atoms with Crippen molar-refractivity contribution in [3.63, 3.8) is 0 Å². The molecule has 2 unspecified atom stereocenters. The van der Waals surface area contributed by atoms with Crippen LogP contribution in [0.15, 0.2) is 60.9 Å². The Morgan fingerprint density at radius 3 is 2.84 bits per heavy atom. The molecule has 8 nitrogen and oxygen atoms in total. The fraction of sp³-hybridized carbons (Fsp3) is 0.345. The smallest absolute Gasteiger partial charge is 0.228 e. The van der Waals surface area contributed by atoms with Gasteiger partial charge in [0, 0.05) is 48.0 Å². The number of aliphatic hydroxyl groups is 1. The molecule has 4 aromatic rings. The molecule has 2 atom stereocenters. The Bertz CT molecular complexity index is 1360. The summed E-state index contributed by atoms with van der Waals surface area (Å²) in [6, 6.07) is 16.2. The van der Waals surface area contributed by atoms with Gasteiger partial charge in [0.1, 0.15) is 5.75 Å². The van der Waals surface area contributed by atoms with Crippen LogP contribution in [0.5, 0.6) is 11.6 Å². The quantitative estimate of drug-likeness (QED) is 0.252. The lowest BCUT2D eigenvalue weighted by Gasteiger charge is -2.23. The Kier molecular flexibility index (Phi) is 7.77. The van der Waals surface area contributed by atoms with E-state index in [4.69, 9.17) is 9.72 Å². The number of hydrogen-bond donors (Lipinski definition) is 4. The van der Waals surface area contributed by atoms with Crippen LogP contribution in [0.25, 0.3) is 22.0 Å². The van der Waals surface area contributed by atoms with Crippen molar-refractivity contribution >= 4 is 22.4 Å². The van der Waals surface area contributed by atoms with Gasteiger partial charge in [0.2, 0.25) is 11.8 Å². The number of rotatable bonds is 9. The summed E-state index contributed by atoms with van der Waals surface area (Å²) in [6.07, 6.45) is 6.03. The van der Waals surface area contributed by atoms with E-state index in [1.165, 1.54) is 0 Å². The van der Waals surface area contributed by atoms with Gasteiger partial charge in [-0.15, -0.1) is 0 Å². The van der Waals surface area contributed by atoms with Crippen molar-refractivity contribution in [2.75, 3.05) is 30.3 Å². The predicted octanol–water partition coefficient (Wildman–Crippen LogP) is 5.14. The van der Waals surface area contributed by atoms with Gasteiger partial charge in [-0.2, -0.15) is 0 Å². The average Bonchev–Trinajstić information content (AvgIpc) is 2.94. The van der Waals surface area contributed by atoms with E-state index in [1.54, 1.807) is 12.4 Å². The summed E-state index contributed by atoms with van der Waals surface area (Å²) in [6.45, 7) is 6.46. The van der Waals surface area contributed by atoms with Crippen LogP contribution < -0.4 is 20.7 Å². The number of nitrogens with one attached hydrogen (secondary N) is 3. The molecular weight excluding hydrogens is 464 g/mol. The number of pyridine rings is 1. The van der Waals surface area contributed by atoms with E-state index in [0.29, 0.717) is 30.8 Å². The molecule has 1 saturated heterocycles. The highest BCUT2D eigenvalue weighted by Gasteiger charge is 2.17. The lowest BCUT2D eigenvalue weighted by Crippen LogP contribution is -2.38. The summed E-state index contributed by atoms with van der Waals surface area (Å²) in [7, 11) is 0. The molecule has 2 aromatic carbocycles. The highest BCUT2D eigenvalue weighted by Crippen LogP contribution is 2.38. The van der Waals surface area contributed by atoms with Gasteiger partial charge in [0.05, 0.1) is 17.4 Å². The van der Waals surface area contributed by atoms with Crippen molar-refractivity contribution in [1.29, 1.82) is 0 Å². The first-order valence-electron chi connectivity index (χ1n) is 13.0. The molecule has 1 fully saturated rings. The van der Waals surface area contributed by atoms with Gasteiger partial charge in [-0.05, 0) is 62.6 Å². The Labute approximate surface area is 217 Å². The molecule has 0 radical (unpaired) electrons. The Hall–Kier alpha value is -3.75. The third kappa shape index (κ3) is 5.81. The van der Waals surface area contributed by atoms with Crippen molar-refractivity contribution in [2.24, 2.45) is 0 Å². The molecule has 0 bridgehead atoms. The lowest BCUT2D eigenvalue weighted by molar-refractivity contribution is 0.183. The van der Waals surface area contributed by atoms with Gasteiger partial charge in [-0.3, -0.25) is 0 Å². The summed E-state index contributed by atoms with van der Waals surface area (Å²) >= 11 is 0. The first-order chi connectivity index (χ1) is 18.1. The highest BCUT2D eigenvalue weighted by molar-refractivity contribution is 5.98. The SMILES string of the molecule is CCC(O)CNc1cccc2c(Oc3ncccc3-c3ccnc(NC4CCCNC4)n3)c(C)ccc12. The number of aryl methyl sites for hydroxylation is 1. The minimum absolute atomic E-state index is 0.313. The zero-order valence-corrected chi connectivity index (χ0v) is 21.4. The maximum Gasteiger partial charge on any atom is 0.228 e. The van der Waals surface area contributed by atoms with E-state index < -0.39 is 6.10 Å². The van der Waals surface area contributed by atoms with E-state index in [9.17, 15) is 5.11 Å². The number of nitrogens with zero attached hydrogens (tertiary/aromatic N) is 3. The highest BCUT2D eigenvalue weighted by atomic mass is 16.5. The molecule has 37 heavy (non-hydrogen) atoms. The van der Waals surface area contributed by atoms with Crippen LogP contribution >= 0.6 is 0 Å². The second-order valence-corrected chi connectivity index (χ2v) is 9.47. The maximum absolute atomic E-state index is 10.0. The van der Waals surface area contributed by atoms with E-state index in [1.807, 2.05) is 56.3 Å². The van der Waals surface area contributed by atoms with Gasteiger partial charge in [-0.1, -0.05) is 31.2 Å². The first kappa shape index (κ1) is 24.9. The third-order valence-electron chi connectivity index (χ3n) is 6.74. The van der Waals surface area contributed by atoms with Crippen molar-refractivity contribution in [3.8, 4) is 22.9 Å². The van der Waals surface area contributed by atoms with E-state index >= 15 is 0 Å². The van der Waals surface area contributed by atoms with Gasteiger partial charge in [-0.25, -0.2) is 15.0 Å². The molecule has 4 N–H and O–H groups in total. The molecule has 5 rings (SSSR count). The Morgan fingerprint density at radius 1 is 1.08 bits per heavy atom. The van der Waals surface area contributed by atoms with Crippen molar-refractivity contribution < 1.29 is 9.84 Å². The minimum Gasteiger partial charge on any atom is -0.437 e. The summed E-state index contributed by atoms with van der Waals surface area (Å²) in [5.74, 6) is 1.84. The van der Waals surface area contributed by atoms with Crippen LogP contribution in [-0.4, -0.2) is 51.8 Å². The van der Waals surface area contributed by atoms with E-state index in [-0.39, 0.29) is 0 Å². The largest absolute Gasteiger partial charge is 0.437 e. The average molecular weight is 499 g/mol. The molecule has 8 heteroatoms.